The molecule has 0 saturated heterocycles. The first-order valence-electron chi connectivity index (χ1n) is 7.21. The summed E-state index contributed by atoms with van der Waals surface area (Å²) in [4.78, 5) is 0. The van der Waals surface area contributed by atoms with E-state index >= 15 is 0 Å². The fraction of sp³-hybridized carbons (Fsp3) is 0.692. The van der Waals surface area contributed by atoms with Gasteiger partial charge in [0.2, 0.25) is 12.0 Å². The van der Waals surface area contributed by atoms with Gasteiger partial charge < -0.3 is 0 Å². The average molecular weight is 368 g/mol. The zero-order chi connectivity index (χ0) is 18.2. The summed E-state index contributed by atoms with van der Waals surface area (Å²) in [7, 11) is -4.01. The molecule has 2 atom stereocenters. The highest BCUT2D eigenvalue weighted by Crippen LogP contribution is 2.57. The summed E-state index contributed by atoms with van der Waals surface area (Å²) in [6, 6.07) is -0.718. The zero-order valence-corrected chi connectivity index (χ0v) is 13.9. The Morgan fingerprint density at radius 1 is 0.957 bits per heavy atom. The predicted octanol–water partition coefficient (Wildman–Crippen LogP) is 6.29. The van der Waals surface area contributed by atoms with Gasteiger partial charge in [-0.3, -0.25) is 0 Å². The molecule has 0 amide bonds. The van der Waals surface area contributed by atoms with Crippen LogP contribution in [0, 0.1) is 0 Å². The SMILES string of the molecule is CCC[Si](CC)(CC)C1([N+](F)(F)F)C(F)=C(F)C(F)=C(F)C1F. The number of rotatable bonds is 6. The molecule has 0 aromatic rings. The summed E-state index contributed by atoms with van der Waals surface area (Å²) in [6.45, 7) is 4.14. The zero-order valence-electron chi connectivity index (χ0n) is 12.9. The second-order valence-corrected chi connectivity index (χ2v) is 10.8. The molecule has 2 unspecified atom stereocenters. The van der Waals surface area contributed by atoms with Crippen LogP contribution in [0.3, 0.4) is 0 Å². The smallest absolute Gasteiger partial charge is 0.232 e. The van der Waals surface area contributed by atoms with E-state index in [1.165, 1.54) is 20.8 Å². The van der Waals surface area contributed by atoms with Gasteiger partial charge in [-0.05, 0) is 0 Å². The number of alkyl halides is 1. The van der Waals surface area contributed by atoms with Crippen molar-refractivity contribution in [1.82, 2.24) is 0 Å². The third-order valence-corrected chi connectivity index (χ3v) is 11.3. The maximum absolute atomic E-state index is 14.4. The molecule has 0 N–H and O–H groups in total. The van der Waals surface area contributed by atoms with Crippen LogP contribution in [-0.4, -0.2) is 24.6 Å². The number of nitrogens with zero attached hydrogens (tertiary/aromatic N) is 1. The Balaban J connectivity index is 3.91. The Hall–Kier alpha value is -0.903. The number of quaternary nitrogens is 1. The molecule has 1 nitrogen and oxygen atoms in total. The van der Waals surface area contributed by atoms with Crippen LogP contribution in [0.5, 0.6) is 0 Å². The van der Waals surface area contributed by atoms with Crippen LogP contribution in [-0.2, 0) is 0 Å². The third-order valence-electron chi connectivity index (χ3n) is 4.81. The van der Waals surface area contributed by atoms with E-state index in [0.29, 0.717) is 0 Å². The fourth-order valence-electron chi connectivity index (χ4n) is 3.60. The van der Waals surface area contributed by atoms with Crippen molar-refractivity contribution in [2.24, 2.45) is 0 Å². The molecule has 1 aliphatic carbocycles. The lowest BCUT2D eigenvalue weighted by atomic mass is 10.0. The molecule has 0 saturated carbocycles. The molecule has 0 heterocycles. The fourth-order valence-corrected chi connectivity index (χ4v) is 9.00. The van der Waals surface area contributed by atoms with Gasteiger partial charge in [0.1, 0.15) is 0 Å². The average Bonchev–Trinajstić information content (AvgIpc) is 2.49. The lowest BCUT2D eigenvalue weighted by Crippen LogP contribution is -2.73. The van der Waals surface area contributed by atoms with Crippen molar-refractivity contribution < 1.29 is 40.5 Å². The minimum Gasteiger partial charge on any atom is -0.232 e. The number of hydrogen-bond donors (Lipinski definition) is 0. The van der Waals surface area contributed by atoms with Crippen LogP contribution in [0.2, 0.25) is 18.1 Å². The first kappa shape index (κ1) is 20.1. The second-order valence-electron chi connectivity index (χ2n) is 5.60. The first-order valence-corrected chi connectivity index (χ1v) is 9.84. The molecule has 0 fully saturated rings. The van der Waals surface area contributed by atoms with Crippen molar-refractivity contribution in [3.63, 3.8) is 0 Å². The van der Waals surface area contributed by atoms with Crippen molar-refractivity contribution in [2.75, 3.05) is 0 Å². The maximum Gasteiger partial charge on any atom is 0.287 e. The van der Waals surface area contributed by atoms with Crippen molar-refractivity contribution in [2.45, 2.75) is 56.7 Å². The first-order chi connectivity index (χ1) is 10.5. The summed E-state index contributed by atoms with van der Waals surface area (Å²) in [5, 5.41) is -8.82. The lowest BCUT2D eigenvalue weighted by molar-refractivity contribution is -1.29. The topological polar surface area (TPSA) is 0 Å². The quantitative estimate of drug-likeness (QED) is 0.294. The summed E-state index contributed by atoms with van der Waals surface area (Å²) < 4.78 is 111. The van der Waals surface area contributed by atoms with E-state index in [2.05, 4.69) is 0 Å². The summed E-state index contributed by atoms with van der Waals surface area (Å²) >= 11 is 0. The lowest BCUT2D eigenvalue weighted by Gasteiger charge is -2.45. The molecule has 0 aromatic heterocycles. The van der Waals surface area contributed by atoms with E-state index in [1.807, 2.05) is 0 Å². The van der Waals surface area contributed by atoms with Gasteiger partial charge in [0, 0.05) is 0 Å². The van der Waals surface area contributed by atoms with Gasteiger partial charge in [-0.2, -0.15) is 0 Å². The van der Waals surface area contributed by atoms with Crippen molar-refractivity contribution in [1.29, 1.82) is 0 Å². The molecule has 10 heteroatoms. The molecule has 0 bridgehead atoms. The molecule has 0 radical (unpaired) electrons. The van der Waals surface area contributed by atoms with Crippen molar-refractivity contribution >= 4 is 8.07 Å². The molecular weight excluding hydrogens is 350 g/mol. The van der Waals surface area contributed by atoms with Gasteiger partial charge in [-0.15, -0.1) is 0 Å². The van der Waals surface area contributed by atoms with Gasteiger partial charge in [0.15, 0.2) is 25.6 Å². The van der Waals surface area contributed by atoms with Crippen LogP contribution in [0.1, 0.15) is 27.2 Å². The Morgan fingerprint density at radius 2 is 1.43 bits per heavy atom. The molecule has 0 aromatic carbocycles. The van der Waals surface area contributed by atoms with Crippen molar-refractivity contribution in [3.05, 3.63) is 23.3 Å². The van der Waals surface area contributed by atoms with Crippen LogP contribution in [0.15, 0.2) is 23.3 Å². The Labute approximate surface area is 129 Å². The highest BCUT2D eigenvalue weighted by atomic mass is 28.3. The second kappa shape index (κ2) is 6.54. The summed E-state index contributed by atoms with van der Waals surface area (Å²) in [5.41, 5.74) is 0. The molecule has 0 spiro atoms. The highest BCUT2D eigenvalue weighted by molar-refractivity contribution is 6.83. The molecule has 1 rings (SSSR count). The standard InChI is InChI=1S/C13H18F8NSi/c1-4-7-23(5-2,6-3)13(22(19,20)21)11(17)9(15)8(14)10(16)12(13)18/h11H,4-7H2,1-3H3/q+1. The number of halogens is 8. The van der Waals surface area contributed by atoms with Gasteiger partial charge in [-0.1, -0.05) is 45.3 Å². The van der Waals surface area contributed by atoms with Crippen LogP contribution < -0.4 is 0 Å². The van der Waals surface area contributed by atoms with Gasteiger partial charge in [-0.25, -0.2) is 22.0 Å². The van der Waals surface area contributed by atoms with E-state index in [4.69, 9.17) is 0 Å². The van der Waals surface area contributed by atoms with Crippen molar-refractivity contribution in [3.8, 4) is 0 Å². The molecule has 0 aliphatic heterocycles. The van der Waals surface area contributed by atoms with E-state index < -0.39 is 47.9 Å². The van der Waals surface area contributed by atoms with Crippen LogP contribution >= 0.6 is 0 Å². The van der Waals surface area contributed by atoms with E-state index in [0.717, 1.165) is 0 Å². The Morgan fingerprint density at radius 3 is 1.78 bits per heavy atom. The molecule has 1 aliphatic rings. The van der Waals surface area contributed by atoms with Crippen LogP contribution in [0.25, 0.3) is 0 Å². The van der Waals surface area contributed by atoms with Gasteiger partial charge >= 0.3 is 0 Å². The van der Waals surface area contributed by atoms with Crippen LogP contribution in [0.4, 0.5) is 35.4 Å². The molecular formula is C13H18F8NSi+. The minimum absolute atomic E-state index is 0.158. The third kappa shape index (κ3) is 2.53. The summed E-state index contributed by atoms with van der Waals surface area (Å²) in [5.74, 6) is -10.2. The largest absolute Gasteiger partial charge is 0.287 e. The summed E-state index contributed by atoms with van der Waals surface area (Å²) in [6.07, 6.45) is -3.48. The molecule has 23 heavy (non-hydrogen) atoms. The van der Waals surface area contributed by atoms with E-state index in [1.54, 1.807) is 0 Å². The number of hydrogen-bond acceptors (Lipinski definition) is 0. The monoisotopic (exact) mass is 368 g/mol. The van der Waals surface area contributed by atoms with Gasteiger partial charge in [0.25, 0.3) is 10.3 Å². The Kier molecular flexibility index (Phi) is 5.73. The highest BCUT2D eigenvalue weighted by Gasteiger charge is 2.81. The predicted molar refractivity (Wildman–Crippen MR) is 71.5 cm³/mol. The number of allylic oxidation sites excluding steroid dienone is 2. The normalized spacial score (nSPS) is 27.0. The van der Waals surface area contributed by atoms with Gasteiger partial charge in [0.05, 0.1) is 13.4 Å². The van der Waals surface area contributed by atoms with E-state index in [9.17, 15) is 35.4 Å². The maximum atomic E-state index is 14.4. The Bertz CT molecular complexity index is 523. The molecule has 134 valence electrons. The van der Waals surface area contributed by atoms with E-state index in [-0.39, 0.29) is 24.6 Å². The minimum atomic E-state index is -4.82.